The number of fused-ring (bicyclic) bond motifs is 3. The number of aromatic nitrogens is 2. The molecule has 1 saturated heterocycles. The van der Waals surface area contributed by atoms with Gasteiger partial charge in [0.05, 0.1) is 13.7 Å². The van der Waals surface area contributed by atoms with Crippen LogP contribution in [0.25, 0.3) is 27.6 Å². The van der Waals surface area contributed by atoms with Crippen LogP contribution in [-0.4, -0.2) is 23.3 Å². The van der Waals surface area contributed by atoms with E-state index in [0.717, 1.165) is 44.5 Å². The molecule has 5 nitrogen and oxygen atoms in total. The van der Waals surface area contributed by atoms with Gasteiger partial charge in [0.2, 0.25) is 0 Å². The van der Waals surface area contributed by atoms with Crippen molar-refractivity contribution in [3.63, 3.8) is 0 Å². The number of nitrogens with zero attached hydrogens (tertiary/aromatic N) is 4. The number of rotatable bonds is 4. The molecule has 0 radical (unpaired) electrons. The summed E-state index contributed by atoms with van der Waals surface area (Å²) in [6.07, 6.45) is 1.82. The van der Waals surface area contributed by atoms with E-state index in [4.69, 9.17) is 4.74 Å². The maximum atomic E-state index is 6.45. The third-order valence-electron chi connectivity index (χ3n) is 8.63. The first-order valence-corrected chi connectivity index (χ1v) is 14.1. The molecule has 0 amide bonds. The topological polar surface area (TPSA) is 27.1 Å². The Morgan fingerprint density at radius 1 is 0.833 bits per heavy atom. The summed E-state index contributed by atoms with van der Waals surface area (Å²) in [6.45, 7) is 10.2. The Bertz CT molecular complexity index is 1980. The van der Waals surface area contributed by atoms with E-state index >= 15 is 0 Å². The predicted molar refractivity (Wildman–Crippen MR) is 166 cm³/mol. The first-order chi connectivity index (χ1) is 19.8. The molecule has 4 aromatic carbocycles. The molecular formula is C36H31N4OPt-. The van der Waals surface area contributed by atoms with E-state index in [0.29, 0.717) is 16.0 Å². The van der Waals surface area contributed by atoms with Gasteiger partial charge in [-0.25, -0.2) is 4.98 Å². The van der Waals surface area contributed by atoms with Gasteiger partial charge in [-0.3, -0.25) is 0 Å². The molecule has 3 aliphatic rings. The molecule has 0 aliphatic carbocycles. The van der Waals surface area contributed by atoms with Gasteiger partial charge in [0, 0.05) is 62.1 Å². The maximum absolute atomic E-state index is 6.45. The van der Waals surface area contributed by atoms with Crippen molar-refractivity contribution in [1.82, 2.24) is 18.5 Å². The molecule has 2 aromatic heterocycles. The Morgan fingerprint density at radius 3 is 2.40 bits per heavy atom. The minimum atomic E-state index is 0. The van der Waals surface area contributed by atoms with E-state index in [9.17, 15) is 0 Å². The van der Waals surface area contributed by atoms with E-state index in [1.54, 1.807) is 0 Å². The standard InChI is InChI=1S/C36H31N4O.Pt/c1-36(2,3)25-15-18-33-34(20-25)40(23-39(33,4)24-40)26-10-9-11-27(21-26)41-28-16-17-30-29-12-5-6-13-31(29)38(32(30)22-28)35-14-7-8-19-37-35;/h5-20,23H,24H2,1-4H3;/q-1;/t39-,40+;/m0./s1. The van der Waals surface area contributed by atoms with Crippen LogP contribution in [0, 0.1) is 18.8 Å². The Labute approximate surface area is 261 Å². The zero-order valence-corrected chi connectivity index (χ0v) is 26.3. The summed E-state index contributed by atoms with van der Waals surface area (Å²) >= 11 is 0. The summed E-state index contributed by atoms with van der Waals surface area (Å²) in [5.41, 5.74) is 7.25. The fraction of sp³-hybridized carbons (Fsp3) is 0.167. The van der Waals surface area contributed by atoms with Crippen LogP contribution in [-0.2, 0) is 26.5 Å². The number of para-hydroxylation sites is 1. The van der Waals surface area contributed by atoms with Gasteiger partial charge in [-0.2, -0.15) is 12.1 Å². The SMILES string of the molecule is CC(C)(C)c1ccc2c(c1)[N@+]1(c3[c-]c(Oc4[c-]c5c(cc4)c4ccccc4n5-c4ccccn4)ccc3)[CH-][N@@+]2(C)C1.[Pt]. The molecule has 0 spiro atoms. The summed E-state index contributed by atoms with van der Waals surface area (Å²) in [7, 11) is 2.28. The Hall–Kier alpha value is -3.76. The number of benzene rings is 4. The smallest absolute Gasteiger partial charge is 0.179 e. The van der Waals surface area contributed by atoms with Crippen LogP contribution in [0.2, 0.25) is 0 Å². The van der Waals surface area contributed by atoms with Crippen LogP contribution in [0.1, 0.15) is 26.3 Å². The third-order valence-corrected chi connectivity index (χ3v) is 8.63. The van der Waals surface area contributed by atoms with Crippen LogP contribution in [0.15, 0.2) is 97.2 Å². The molecule has 42 heavy (non-hydrogen) atoms. The molecule has 2 atom stereocenters. The van der Waals surface area contributed by atoms with Crippen molar-refractivity contribution in [1.29, 1.82) is 0 Å². The molecule has 212 valence electrons. The average molecular weight is 731 g/mol. The van der Waals surface area contributed by atoms with Crippen LogP contribution in [0.3, 0.4) is 0 Å². The van der Waals surface area contributed by atoms with E-state index in [2.05, 4.69) is 117 Å². The fourth-order valence-electron chi connectivity index (χ4n) is 6.67. The van der Waals surface area contributed by atoms with Crippen molar-refractivity contribution in [2.75, 3.05) is 13.7 Å². The summed E-state index contributed by atoms with van der Waals surface area (Å²) in [5, 5.41) is 2.28. The Balaban J connectivity index is 0.00000288. The molecule has 0 unspecified atom stereocenters. The normalized spacial score (nSPS) is 20.7. The van der Waals surface area contributed by atoms with Crippen molar-refractivity contribution >= 4 is 38.9 Å². The van der Waals surface area contributed by atoms with Crippen molar-refractivity contribution in [2.24, 2.45) is 0 Å². The predicted octanol–water partition coefficient (Wildman–Crippen LogP) is 8.55. The second-order valence-corrected chi connectivity index (χ2v) is 12.5. The Kier molecular flexibility index (Phi) is 6.05. The van der Waals surface area contributed by atoms with Gasteiger partial charge in [-0.15, -0.1) is 29.7 Å². The van der Waals surface area contributed by atoms with Crippen LogP contribution >= 0.6 is 0 Å². The van der Waals surface area contributed by atoms with Gasteiger partial charge in [0.15, 0.2) is 18.0 Å². The molecule has 1 fully saturated rings. The first kappa shape index (κ1) is 27.1. The summed E-state index contributed by atoms with van der Waals surface area (Å²) in [6, 6.07) is 38.8. The third kappa shape index (κ3) is 3.91. The van der Waals surface area contributed by atoms with E-state index in [-0.39, 0.29) is 26.5 Å². The number of ether oxygens (including phenoxy) is 1. The minimum Gasteiger partial charge on any atom is -0.509 e. The van der Waals surface area contributed by atoms with Gasteiger partial charge in [0.25, 0.3) is 0 Å². The maximum Gasteiger partial charge on any atom is 0.179 e. The fourth-order valence-corrected chi connectivity index (χ4v) is 6.67. The minimum absolute atomic E-state index is 0. The van der Waals surface area contributed by atoms with Crippen LogP contribution < -0.4 is 13.7 Å². The molecule has 5 heterocycles. The molecule has 6 heteroatoms. The summed E-state index contributed by atoms with van der Waals surface area (Å²) in [4.78, 5) is 4.64. The number of quaternary nitrogens is 2. The molecule has 2 bridgehead atoms. The zero-order chi connectivity index (χ0) is 28.0. The van der Waals surface area contributed by atoms with Crippen molar-refractivity contribution in [3.8, 4) is 17.3 Å². The Morgan fingerprint density at radius 2 is 1.62 bits per heavy atom. The molecular weight excluding hydrogens is 700 g/mol. The molecule has 0 saturated carbocycles. The number of pyridine rings is 1. The molecule has 9 rings (SSSR count). The van der Waals surface area contributed by atoms with Crippen LogP contribution in [0.5, 0.6) is 11.5 Å². The zero-order valence-electron chi connectivity index (χ0n) is 24.0. The quantitative estimate of drug-likeness (QED) is 0.134. The number of hydrogen-bond donors (Lipinski definition) is 0. The van der Waals surface area contributed by atoms with E-state index in [1.807, 2.05) is 36.5 Å². The van der Waals surface area contributed by atoms with Gasteiger partial charge >= 0.3 is 0 Å². The van der Waals surface area contributed by atoms with Crippen LogP contribution in [0.4, 0.5) is 17.1 Å². The molecule has 0 N–H and O–H groups in total. The van der Waals surface area contributed by atoms with Gasteiger partial charge in [-0.1, -0.05) is 62.7 Å². The second-order valence-electron chi connectivity index (χ2n) is 12.5. The molecule has 3 aliphatic heterocycles. The average Bonchev–Trinajstić information content (AvgIpc) is 3.52. The van der Waals surface area contributed by atoms with E-state index < -0.39 is 0 Å². The van der Waals surface area contributed by atoms with Gasteiger partial charge in [0.1, 0.15) is 5.82 Å². The van der Waals surface area contributed by atoms with Gasteiger partial charge < -0.3 is 18.3 Å². The largest absolute Gasteiger partial charge is 0.509 e. The first-order valence-electron chi connectivity index (χ1n) is 14.1. The summed E-state index contributed by atoms with van der Waals surface area (Å²) < 4.78 is 10.1. The van der Waals surface area contributed by atoms with Crippen molar-refractivity contribution < 1.29 is 25.8 Å². The van der Waals surface area contributed by atoms with E-state index in [1.165, 1.54) is 16.9 Å². The second kappa shape index (κ2) is 9.37. The molecule has 6 aromatic rings. The number of hydrogen-bond acceptors (Lipinski definition) is 2. The monoisotopic (exact) mass is 730 g/mol. The van der Waals surface area contributed by atoms with Crippen molar-refractivity contribution in [2.45, 2.75) is 26.2 Å². The summed E-state index contributed by atoms with van der Waals surface area (Å²) in [5.74, 6) is 2.19. The van der Waals surface area contributed by atoms with Gasteiger partial charge in [-0.05, 0) is 34.6 Å². The van der Waals surface area contributed by atoms with Crippen molar-refractivity contribution in [3.05, 3.63) is 122 Å².